The van der Waals surface area contributed by atoms with Gasteiger partial charge in [-0.05, 0) is 37.1 Å². The molecule has 1 aliphatic carbocycles. The molecule has 32 heavy (non-hydrogen) atoms. The van der Waals surface area contributed by atoms with E-state index in [1.54, 1.807) is 11.8 Å². The third-order valence-electron chi connectivity index (χ3n) is 5.57. The number of esters is 1. The Morgan fingerprint density at radius 3 is 2.59 bits per heavy atom. The molecule has 0 N–H and O–H groups in total. The summed E-state index contributed by atoms with van der Waals surface area (Å²) in [7, 11) is 1.63. The first-order chi connectivity index (χ1) is 15.6. The van der Waals surface area contributed by atoms with Gasteiger partial charge in [-0.25, -0.2) is 9.36 Å². The molecule has 3 aromatic rings. The van der Waals surface area contributed by atoms with E-state index < -0.39 is 12.2 Å². The Hall–Kier alpha value is -3.53. The summed E-state index contributed by atoms with van der Waals surface area (Å²) in [4.78, 5) is 11.2. The molecule has 3 atom stereocenters. The van der Waals surface area contributed by atoms with E-state index in [1.165, 1.54) is 6.92 Å². The van der Waals surface area contributed by atoms with Crippen molar-refractivity contribution in [1.82, 2.24) is 30.0 Å². The summed E-state index contributed by atoms with van der Waals surface area (Å²) in [5.74, 6) is 0.917. The van der Waals surface area contributed by atoms with Crippen molar-refractivity contribution in [3.05, 3.63) is 60.2 Å². The molecule has 0 radical (unpaired) electrons. The van der Waals surface area contributed by atoms with Crippen LogP contribution in [0.1, 0.15) is 49.2 Å². The maximum Gasteiger partial charge on any atom is 0.302 e. The molecule has 10 nitrogen and oxygen atoms in total. The van der Waals surface area contributed by atoms with E-state index in [9.17, 15) is 4.79 Å². The normalized spacial score (nSPS) is 22.6. The number of carbonyl (C=O) groups excluding carboxylic acids is 1. The smallest absolute Gasteiger partial charge is 0.302 e. The molecule has 1 aliphatic heterocycles. The first-order valence-electron chi connectivity index (χ1n) is 10.6. The van der Waals surface area contributed by atoms with Crippen LogP contribution in [0.3, 0.4) is 0 Å². The van der Waals surface area contributed by atoms with Crippen LogP contribution in [0.4, 0.5) is 0 Å². The highest BCUT2D eigenvalue weighted by atomic mass is 16.6. The SMILES string of the molecule is COc1ccc(-n2cc([C@H]3O[C@H](COC(C)=O)C=C[C@H]3n3cc(C4CC4)nn3)nn2)cc1. The molecule has 0 spiro atoms. The zero-order valence-electron chi connectivity index (χ0n) is 17.9. The molecule has 2 aliphatic rings. The number of methoxy groups -OCH3 is 1. The van der Waals surface area contributed by atoms with Crippen molar-refractivity contribution in [3.63, 3.8) is 0 Å². The topological polar surface area (TPSA) is 106 Å². The van der Waals surface area contributed by atoms with Gasteiger partial charge in [-0.3, -0.25) is 4.79 Å². The molecule has 1 aromatic carbocycles. The monoisotopic (exact) mass is 436 g/mol. The summed E-state index contributed by atoms with van der Waals surface area (Å²) in [6, 6.07) is 7.29. The fraction of sp³-hybridized carbons (Fsp3) is 0.409. The van der Waals surface area contributed by atoms with Crippen molar-refractivity contribution in [2.24, 2.45) is 0 Å². The quantitative estimate of drug-likeness (QED) is 0.411. The molecule has 10 heteroatoms. The van der Waals surface area contributed by atoms with Gasteiger partial charge in [0, 0.05) is 19.0 Å². The lowest BCUT2D eigenvalue weighted by atomic mass is 10.0. The highest BCUT2D eigenvalue weighted by molar-refractivity contribution is 5.65. The molecular formula is C22H24N6O4. The number of benzene rings is 1. The zero-order chi connectivity index (χ0) is 22.1. The largest absolute Gasteiger partial charge is 0.497 e. The Kier molecular flexibility index (Phi) is 5.44. The predicted molar refractivity (Wildman–Crippen MR) is 112 cm³/mol. The minimum atomic E-state index is -0.471. The van der Waals surface area contributed by atoms with Crippen LogP contribution in [0.25, 0.3) is 5.69 Å². The lowest BCUT2D eigenvalue weighted by Gasteiger charge is -2.30. The minimum absolute atomic E-state index is 0.131. The Labute approximate surface area is 184 Å². The van der Waals surface area contributed by atoms with Gasteiger partial charge in [-0.2, -0.15) is 0 Å². The molecule has 5 rings (SSSR count). The van der Waals surface area contributed by atoms with Crippen molar-refractivity contribution >= 4 is 5.97 Å². The molecule has 1 saturated carbocycles. The molecular weight excluding hydrogens is 412 g/mol. The summed E-state index contributed by atoms with van der Waals surface area (Å²) in [5, 5.41) is 17.3. The standard InChI is InChI=1S/C22H24N6O4/c1-14(29)31-13-18-9-10-21(28-11-19(23-26-28)15-3-4-15)22(32-18)20-12-27(25-24-20)16-5-7-17(30-2)8-6-16/h5-12,15,18,21-22H,3-4,13H2,1-2H3/t18-,21+,22+/m0/s1. The van der Waals surface area contributed by atoms with E-state index in [2.05, 4.69) is 20.6 Å². The average molecular weight is 436 g/mol. The number of aromatic nitrogens is 6. The van der Waals surface area contributed by atoms with Gasteiger partial charge in [0.15, 0.2) is 0 Å². The van der Waals surface area contributed by atoms with Crippen molar-refractivity contribution < 1.29 is 19.0 Å². The van der Waals surface area contributed by atoms with E-state index in [0.29, 0.717) is 11.6 Å². The second kappa shape index (κ2) is 8.54. The molecule has 0 unspecified atom stereocenters. The van der Waals surface area contributed by atoms with Gasteiger partial charge in [0.25, 0.3) is 0 Å². The predicted octanol–water partition coefficient (Wildman–Crippen LogP) is 2.55. The molecule has 0 amide bonds. The Bertz CT molecular complexity index is 1120. The number of hydrogen-bond acceptors (Lipinski definition) is 8. The molecule has 2 aromatic heterocycles. The van der Waals surface area contributed by atoms with Crippen LogP contribution in [0.5, 0.6) is 5.75 Å². The van der Waals surface area contributed by atoms with Gasteiger partial charge in [-0.1, -0.05) is 22.6 Å². The number of carbonyl (C=O) groups is 1. The molecule has 166 valence electrons. The second-order valence-corrected chi connectivity index (χ2v) is 7.96. The molecule has 0 bridgehead atoms. The van der Waals surface area contributed by atoms with Gasteiger partial charge < -0.3 is 14.2 Å². The second-order valence-electron chi connectivity index (χ2n) is 7.96. The lowest BCUT2D eigenvalue weighted by molar-refractivity contribution is -0.146. The van der Waals surface area contributed by atoms with Crippen LogP contribution in [0, 0.1) is 0 Å². The maximum atomic E-state index is 11.2. The highest BCUT2D eigenvalue weighted by Gasteiger charge is 2.35. The van der Waals surface area contributed by atoms with Gasteiger partial charge in [-0.15, -0.1) is 10.2 Å². The van der Waals surface area contributed by atoms with E-state index in [4.69, 9.17) is 14.2 Å². The Balaban J connectivity index is 1.42. The first kappa shape index (κ1) is 20.4. The van der Waals surface area contributed by atoms with Crippen LogP contribution >= 0.6 is 0 Å². The third-order valence-corrected chi connectivity index (χ3v) is 5.57. The number of nitrogens with zero attached hydrogens (tertiary/aromatic N) is 6. The van der Waals surface area contributed by atoms with Gasteiger partial charge in [0.05, 0.1) is 24.7 Å². The van der Waals surface area contributed by atoms with Crippen molar-refractivity contribution in [3.8, 4) is 11.4 Å². The van der Waals surface area contributed by atoms with Gasteiger partial charge in [0.1, 0.15) is 36.3 Å². The Morgan fingerprint density at radius 1 is 1.09 bits per heavy atom. The number of rotatable bonds is 7. The third kappa shape index (κ3) is 4.26. The summed E-state index contributed by atoms with van der Waals surface area (Å²) in [6.45, 7) is 1.51. The van der Waals surface area contributed by atoms with Crippen LogP contribution in [-0.2, 0) is 14.3 Å². The van der Waals surface area contributed by atoms with Crippen LogP contribution in [0.2, 0.25) is 0 Å². The molecule has 1 fully saturated rings. The lowest BCUT2D eigenvalue weighted by Crippen LogP contribution is -2.31. The fourth-order valence-corrected chi connectivity index (χ4v) is 3.69. The summed E-state index contributed by atoms with van der Waals surface area (Å²) in [6.07, 6.45) is 9.14. The van der Waals surface area contributed by atoms with Crippen LogP contribution in [-0.4, -0.2) is 55.8 Å². The van der Waals surface area contributed by atoms with Gasteiger partial charge in [0.2, 0.25) is 0 Å². The zero-order valence-corrected chi connectivity index (χ0v) is 17.9. The summed E-state index contributed by atoms with van der Waals surface area (Å²) < 4.78 is 20.1. The van der Waals surface area contributed by atoms with Crippen molar-refractivity contribution in [2.75, 3.05) is 13.7 Å². The first-order valence-corrected chi connectivity index (χ1v) is 10.6. The average Bonchev–Trinajstić information content (AvgIpc) is 3.34. The highest BCUT2D eigenvalue weighted by Crippen LogP contribution is 2.40. The molecule has 3 heterocycles. The van der Waals surface area contributed by atoms with Crippen LogP contribution in [0.15, 0.2) is 48.8 Å². The maximum absolute atomic E-state index is 11.2. The molecule has 0 saturated heterocycles. The van der Waals surface area contributed by atoms with E-state index in [-0.39, 0.29) is 18.6 Å². The van der Waals surface area contributed by atoms with Crippen molar-refractivity contribution in [1.29, 1.82) is 0 Å². The van der Waals surface area contributed by atoms with E-state index in [1.807, 2.05) is 53.5 Å². The van der Waals surface area contributed by atoms with Gasteiger partial charge >= 0.3 is 5.97 Å². The summed E-state index contributed by atoms with van der Waals surface area (Å²) in [5.41, 5.74) is 2.49. The number of ether oxygens (including phenoxy) is 3. The number of hydrogen-bond donors (Lipinski definition) is 0. The van der Waals surface area contributed by atoms with E-state index in [0.717, 1.165) is 30.0 Å². The Morgan fingerprint density at radius 2 is 1.88 bits per heavy atom. The van der Waals surface area contributed by atoms with E-state index >= 15 is 0 Å². The van der Waals surface area contributed by atoms with Crippen LogP contribution < -0.4 is 4.74 Å². The van der Waals surface area contributed by atoms with Crippen molar-refractivity contribution in [2.45, 2.75) is 43.9 Å². The minimum Gasteiger partial charge on any atom is -0.497 e. The summed E-state index contributed by atoms with van der Waals surface area (Å²) >= 11 is 0. The fourth-order valence-electron chi connectivity index (χ4n) is 3.69.